The van der Waals surface area contributed by atoms with Gasteiger partial charge in [0, 0.05) is 23.4 Å². The molecule has 0 aliphatic rings. The molecule has 0 bridgehead atoms. The number of phenolic OH excluding ortho intramolecular Hbond substituents is 1. The van der Waals surface area contributed by atoms with Crippen LogP contribution >= 0.6 is 11.3 Å². The number of rotatable bonds is 4. The summed E-state index contributed by atoms with van der Waals surface area (Å²) in [4.78, 5) is 21.3. The number of methoxy groups -OCH3 is 1. The van der Waals surface area contributed by atoms with E-state index in [9.17, 15) is 9.90 Å². The number of nitrogens with zero attached hydrogens (tertiary/aromatic N) is 3. The van der Waals surface area contributed by atoms with Crippen molar-refractivity contribution in [3.8, 4) is 16.5 Å². The van der Waals surface area contributed by atoms with E-state index in [1.54, 1.807) is 12.5 Å². The molecule has 0 spiro atoms. The van der Waals surface area contributed by atoms with Crippen LogP contribution < -0.4 is 10.1 Å². The van der Waals surface area contributed by atoms with E-state index < -0.39 is 0 Å². The minimum absolute atomic E-state index is 0.0179. The summed E-state index contributed by atoms with van der Waals surface area (Å²) in [6, 6.07) is 4.44. The summed E-state index contributed by atoms with van der Waals surface area (Å²) in [7, 11) is 1.44. The van der Waals surface area contributed by atoms with Crippen molar-refractivity contribution in [3.63, 3.8) is 0 Å². The molecule has 3 rings (SSSR count). The van der Waals surface area contributed by atoms with E-state index in [0.717, 1.165) is 10.7 Å². The highest BCUT2D eigenvalue weighted by molar-refractivity contribution is 7.18. The first-order valence-corrected chi connectivity index (χ1v) is 8.79. The van der Waals surface area contributed by atoms with E-state index in [-0.39, 0.29) is 22.8 Å². The molecule has 0 atom stereocenters. The number of phenols is 1. The van der Waals surface area contributed by atoms with Crippen molar-refractivity contribution in [2.24, 2.45) is 0 Å². The van der Waals surface area contributed by atoms with Gasteiger partial charge in [-0.3, -0.25) is 14.7 Å². The second kappa shape index (κ2) is 6.80. The lowest BCUT2D eigenvalue weighted by molar-refractivity contribution is 0.102. The zero-order valence-corrected chi connectivity index (χ0v) is 15.8. The molecule has 136 valence electrons. The average Bonchev–Trinajstić information content (AvgIpc) is 3.23. The molecule has 26 heavy (non-hydrogen) atoms. The largest absolute Gasteiger partial charge is 0.504 e. The molecule has 0 fully saturated rings. The third-order valence-corrected chi connectivity index (χ3v) is 4.71. The van der Waals surface area contributed by atoms with Crippen LogP contribution in [0.5, 0.6) is 11.5 Å². The minimum atomic E-state index is -0.324. The fraction of sp³-hybridized carbons (Fsp3) is 0.278. The fourth-order valence-corrected chi connectivity index (χ4v) is 3.52. The van der Waals surface area contributed by atoms with Gasteiger partial charge in [-0.1, -0.05) is 32.1 Å². The van der Waals surface area contributed by atoms with Gasteiger partial charge in [0.2, 0.25) is 0 Å². The molecule has 1 aromatic carbocycles. The summed E-state index contributed by atoms with van der Waals surface area (Å²) >= 11 is 1.38. The number of hydrogen-bond donors (Lipinski definition) is 2. The number of thiazole rings is 1. The van der Waals surface area contributed by atoms with Gasteiger partial charge in [-0.05, 0) is 18.2 Å². The highest BCUT2D eigenvalue weighted by atomic mass is 32.1. The van der Waals surface area contributed by atoms with Gasteiger partial charge >= 0.3 is 0 Å². The number of ether oxygens (including phenoxy) is 1. The molecule has 8 heteroatoms. The molecule has 7 nitrogen and oxygen atoms in total. The minimum Gasteiger partial charge on any atom is -0.504 e. The standard InChI is InChI=1S/C18H20N4O3S/c1-18(2,3)14-16(22-8-7-19-10-22)26-17(20-14)21-15(24)11-5-6-12(23)13(9-11)25-4/h5-10,23H,1-4H3,(H,20,21,24). The van der Waals surface area contributed by atoms with Crippen molar-refractivity contribution in [2.45, 2.75) is 26.2 Å². The maximum absolute atomic E-state index is 12.5. The van der Waals surface area contributed by atoms with E-state index in [1.807, 2.05) is 10.8 Å². The summed E-state index contributed by atoms with van der Waals surface area (Å²) in [6.07, 6.45) is 5.26. The van der Waals surface area contributed by atoms with Crippen LogP contribution in [0.3, 0.4) is 0 Å². The number of aromatic hydroxyl groups is 1. The summed E-state index contributed by atoms with van der Waals surface area (Å²) in [5.74, 6) is -0.100. The predicted octanol–water partition coefficient (Wildman–Crippen LogP) is 3.59. The molecule has 3 aromatic rings. The third kappa shape index (κ3) is 3.55. The van der Waals surface area contributed by atoms with E-state index in [0.29, 0.717) is 10.7 Å². The highest BCUT2D eigenvalue weighted by Crippen LogP contribution is 2.35. The molecule has 0 radical (unpaired) electrons. The molecule has 1 amide bonds. The van der Waals surface area contributed by atoms with Gasteiger partial charge in [0.1, 0.15) is 5.00 Å². The average molecular weight is 372 g/mol. The van der Waals surface area contributed by atoms with Crippen molar-refractivity contribution >= 4 is 22.4 Å². The fourth-order valence-electron chi connectivity index (χ4n) is 2.40. The van der Waals surface area contributed by atoms with Crippen molar-refractivity contribution in [1.82, 2.24) is 14.5 Å². The van der Waals surface area contributed by atoms with Crippen LogP contribution in [0.2, 0.25) is 0 Å². The Morgan fingerprint density at radius 1 is 1.35 bits per heavy atom. The second-order valence-electron chi connectivity index (χ2n) is 6.73. The van der Waals surface area contributed by atoms with Crippen LogP contribution in [-0.2, 0) is 5.41 Å². The Bertz CT molecular complexity index is 927. The van der Waals surface area contributed by atoms with Gasteiger partial charge < -0.3 is 9.84 Å². The number of carbonyl (C=O) groups is 1. The number of benzene rings is 1. The normalized spacial score (nSPS) is 11.4. The van der Waals surface area contributed by atoms with Crippen LogP contribution in [0.1, 0.15) is 36.8 Å². The topological polar surface area (TPSA) is 89.3 Å². The van der Waals surface area contributed by atoms with Crippen LogP contribution in [-0.4, -0.2) is 32.7 Å². The van der Waals surface area contributed by atoms with Crippen molar-refractivity contribution in [2.75, 3.05) is 12.4 Å². The van der Waals surface area contributed by atoms with Gasteiger partial charge in [-0.25, -0.2) is 9.97 Å². The van der Waals surface area contributed by atoms with Crippen LogP contribution in [0, 0.1) is 0 Å². The Morgan fingerprint density at radius 2 is 2.12 bits per heavy atom. The number of anilines is 1. The van der Waals surface area contributed by atoms with Crippen LogP contribution in [0.4, 0.5) is 5.13 Å². The zero-order chi connectivity index (χ0) is 18.9. The maximum Gasteiger partial charge on any atom is 0.257 e. The molecule has 0 unspecified atom stereocenters. The molecular weight excluding hydrogens is 352 g/mol. The molecule has 0 saturated heterocycles. The predicted molar refractivity (Wildman–Crippen MR) is 101 cm³/mol. The van der Waals surface area contributed by atoms with Gasteiger partial charge in [0.15, 0.2) is 16.6 Å². The SMILES string of the molecule is COc1cc(C(=O)Nc2nc(C(C)(C)C)c(-n3ccnc3)s2)ccc1O. The first-order chi connectivity index (χ1) is 12.3. The first kappa shape index (κ1) is 17.9. The summed E-state index contributed by atoms with van der Waals surface area (Å²) in [5, 5.41) is 13.9. The van der Waals surface area contributed by atoms with Gasteiger partial charge in [-0.15, -0.1) is 0 Å². The Hall–Kier alpha value is -2.87. The monoisotopic (exact) mass is 372 g/mol. The second-order valence-corrected chi connectivity index (χ2v) is 7.71. The number of nitrogens with one attached hydrogen (secondary N) is 1. The van der Waals surface area contributed by atoms with Crippen molar-refractivity contribution in [1.29, 1.82) is 0 Å². The molecule has 2 heterocycles. The number of imidazole rings is 1. The lowest BCUT2D eigenvalue weighted by Crippen LogP contribution is -2.15. The summed E-state index contributed by atoms with van der Waals surface area (Å²) < 4.78 is 6.94. The molecule has 2 aromatic heterocycles. The van der Waals surface area contributed by atoms with E-state index in [4.69, 9.17) is 4.74 Å². The third-order valence-electron chi connectivity index (χ3n) is 3.72. The molecular formula is C18H20N4O3S. The van der Waals surface area contributed by atoms with E-state index in [1.165, 1.54) is 36.6 Å². The summed E-state index contributed by atoms with van der Waals surface area (Å²) in [5.41, 5.74) is 1.05. The van der Waals surface area contributed by atoms with Crippen LogP contribution in [0.15, 0.2) is 36.9 Å². The molecule has 0 saturated carbocycles. The van der Waals surface area contributed by atoms with Gasteiger partial charge in [0.25, 0.3) is 5.91 Å². The molecule has 0 aliphatic heterocycles. The lowest BCUT2D eigenvalue weighted by atomic mass is 9.92. The number of aromatic nitrogens is 3. The smallest absolute Gasteiger partial charge is 0.257 e. The maximum atomic E-state index is 12.5. The summed E-state index contributed by atoms with van der Waals surface area (Å²) in [6.45, 7) is 6.21. The number of hydrogen-bond acceptors (Lipinski definition) is 6. The Balaban J connectivity index is 1.92. The van der Waals surface area contributed by atoms with Gasteiger partial charge in [0.05, 0.1) is 19.1 Å². The quantitative estimate of drug-likeness (QED) is 0.730. The number of carbonyl (C=O) groups excluding carboxylic acids is 1. The Kier molecular flexibility index (Phi) is 4.69. The van der Waals surface area contributed by atoms with Crippen LogP contribution in [0.25, 0.3) is 5.00 Å². The van der Waals surface area contributed by atoms with Crippen molar-refractivity contribution < 1.29 is 14.6 Å². The highest BCUT2D eigenvalue weighted by Gasteiger charge is 2.25. The lowest BCUT2D eigenvalue weighted by Gasteiger charge is -2.17. The van der Waals surface area contributed by atoms with Gasteiger partial charge in [-0.2, -0.15) is 0 Å². The number of amides is 1. The molecule has 2 N–H and O–H groups in total. The van der Waals surface area contributed by atoms with E-state index >= 15 is 0 Å². The molecule has 0 aliphatic carbocycles. The Morgan fingerprint density at radius 3 is 2.73 bits per heavy atom. The van der Waals surface area contributed by atoms with Crippen molar-refractivity contribution in [3.05, 3.63) is 48.2 Å². The zero-order valence-electron chi connectivity index (χ0n) is 15.0. The Labute approximate surface area is 155 Å². The first-order valence-electron chi connectivity index (χ1n) is 7.97. The van der Waals surface area contributed by atoms with E-state index in [2.05, 4.69) is 36.1 Å².